The standard InChI is InChI=1S/C27H41N5O7S/c1-17-14-32(18(2)16-33)27(35)22-13-21(28-25(34)9-8-12-30(5)6)10-11-23(22)38-24(17)15-31(7)40(36,37)26-19(3)29-39-20(26)4/h10-11,13,17-18,24,33H,8-9,12,14-16H2,1-7H3,(H,28,34)/t17-,18+,24+/m0/s1. The van der Waals surface area contributed by atoms with E-state index in [-0.39, 0.29) is 65.1 Å². The second kappa shape index (κ2) is 13.1. The van der Waals surface area contributed by atoms with Crippen LogP contribution in [0.15, 0.2) is 27.6 Å². The fourth-order valence-electron chi connectivity index (χ4n) is 4.65. The van der Waals surface area contributed by atoms with Crippen molar-refractivity contribution in [3.8, 4) is 5.75 Å². The lowest BCUT2D eigenvalue weighted by Crippen LogP contribution is -2.50. The summed E-state index contributed by atoms with van der Waals surface area (Å²) in [5.74, 6) is -0.331. The molecule has 13 heteroatoms. The summed E-state index contributed by atoms with van der Waals surface area (Å²) < 4.78 is 39.3. The van der Waals surface area contributed by atoms with Crippen LogP contribution in [0.25, 0.3) is 0 Å². The van der Waals surface area contributed by atoms with Crippen molar-refractivity contribution in [2.24, 2.45) is 5.92 Å². The smallest absolute Gasteiger partial charge is 0.258 e. The number of aliphatic hydroxyl groups is 1. The van der Waals surface area contributed by atoms with Crippen molar-refractivity contribution in [3.63, 3.8) is 0 Å². The van der Waals surface area contributed by atoms with E-state index in [0.29, 0.717) is 18.5 Å². The molecule has 1 aromatic heterocycles. The van der Waals surface area contributed by atoms with E-state index in [4.69, 9.17) is 9.26 Å². The topological polar surface area (TPSA) is 146 Å². The van der Waals surface area contributed by atoms with Gasteiger partial charge in [0, 0.05) is 31.6 Å². The van der Waals surface area contributed by atoms with E-state index in [0.717, 1.165) is 6.54 Å². The Balaban J connectivity index is 1.91. The second-order valence-electron chi connectivity index (χ2n) is 10.7. The Morgan fingerprint density at radius 3 is 2.58 bits per heavy atom. The van der Waals surface area contributed by atoms with Crippen LogP contribution in [-0.4, -0.2) is 104 Å². The molecule has 40 heavy (non-hydrogen) atoms. The van der Waals surface area contributed by atoms with Gasteiger partial charge in [0.1, 0.15) is 22.4 Å². The van der Waals surface area contributed by atoms with Gasteiger partial charge in [-0.25, -0.2) is 8.42 Å². The summed E-state index contributed by atoms with van der Waals surface area (Å²) in [6.45, 7) is 7.48. The third-order valence-corrected chi connectivity index (χ3v) is 9.10. The van der Waals surface area contributed by atoms with Gasteiger partial charge in [-0.15, -0.1) is 0 Å². The van der Waals surface area contributed by atoms with Crippen molar-refractivity contribution < 1.29 is 32.4 Å². The molecule has 2 N–H and O–H groups in total. The van der Waals surface area contributed by atoms with Gasteiger partial charge in [0.05, 0.1) is 24.8 Å². The zero-order valence-electron chi connectivity index (χ0n) is 24.3. The number of nitrogens with zero attached hydrogens (tertiary/aromatic N) is 4. The fourth-order valence-corrected chi connectivity index (χ4v) is 6.11. The number of hydrogen-bond donors (Lipinski definition) is 2. The van der Waals surface area contributed by atoms with E-state index in [2.05, 4.69) is 10.5 Å². The first-order chi connectivity index (χ1) is 18.8. The maximum Gasteiger partial charge on any atom is 0.258 e. The molecule has 2 heterocycles. The van der Waals surface area contributed by atoms with Crippen LogP contribution < -0.4 is 10.1 Å². The summed E-state index contributed by atoms with van der Waals surface area (Å²) in [6.07, 6.45) is 0.392. The number of amides is 2. The van der Waals surface area contributed by atoms with Gasteiger partial charge >= 0.3 is 0 Å². The minimum absolute atomic E-state index is 0.00704. The second-order valence-corrected chi connectivity index (χ2v) is 12.7. The molecule has 0 unspecified atom stereocenters. The van der Waals surface area contributed by atoms with Crippen LogP contribution in [0.4, 0.5) is 5.69 Å². The molecule has 2 aromatic rings. The third kappa shape index (κ3) is 7.19. The van der Waals surface area contributed by atoms with Crippen LogP contribution >= 0.6 is 0 Å². The molecular formula is C27H41N5O7S. The Morgan fingerprint density at radius 2 is 1.98 bits per heavy atom. The minimum Gasteiger partial charge on any atom is -0.488 e. The van der Waals surface area contributed by atoms with Gasteiger partial charge in [0.15, 0.2) is 5.76 Å². The zero-order chi connectivity index (χ0) is 29.8. The molecule has 1 aromatic carbocycles. The van der Waals surface area contributed by atoms with Crippen LogP contribution in [-0.2, 0) is 14.8 Å². The van der Waals surface area contributed by atoms with Crippen molar-refractivity contribution in [1.82, 2.24) is 19.3 Å². The SMILES string of the molecule is Cc1noc(C)c1S(=O)(=O)N(C)C[C@H]1Oc2ccc(NC(=O)CCCN(C)C)cc2C(=O)N([C@H](C)CO)C[C@@H]1C. The van der Waals surface area contributed by atoms with Crippen LogP contribution in [0.3, 0.4) is 0 Å². The number of aliphatic hydroxyl groups excluding tert-OH is 1. The Hall–Kier alpha value is -3.00. The van der Waals surface area contributed by atoms with Crippen molar-refractivity contribution in [3.05, 3.63) is 35.2 Å². The van der Waals surface area contributed by atoms with E-state index in [1.807, 2.05) is 25.9 Å². The van der Waals surface area contributed by atoms with E-state index in [1.54, 1.807) is 43.9 Å². The first-order valence-corrected chi connectivity index (χ1v) is 14.8. The first-order valence-electron chi connectivity index (χ1n) is 13.3. The lowest BCUT2D eigenvalue weighted by Gasteiger charge is -2.38. The highest BCUT2D eigenvalue weighted by Crippen LogP contribution is 2.31. The van der Waals surface area contributed by atoms with E-state index >= 15 is 0 Å². The number of hydrogen-bond acceptors (Lipinski definition) is 9. The average molecular weight is 580 g/mol. The lowest BCUT2D eigenvalue weighted by molar-refractivity contribution is -0.116. The van der Waals surface area contributed by atoms with Crippen LogP contribution in [0.2, 0.25) is 0 Å². The minimum atomic E-state index is -3.93. The number of anilines is 1. The predicted molar refractivity (Wildman–Crippen MR) is 150 cm³/mol. The quantitative estimate of drug-likeness (QED) is 0.409. The number of carbonyl (C=O) groups excluding carboxylic acids is 2. The van der Waals surface area contributed by atoms with E-state index in [9.17, 15) is 23.1 Å². The monoisotopic (exact) mass is 579 g/mol. The number of carbonyl (C=O) groups is 2. The maximum atomic E-state index is 13.6. The number of benzene rings is 1. The van der Waals surface area contributed by atoms with Gasteiger partial charge in [0.25, 0.3) is 5.91 Å². The number of likely N-dealkylation sites (N-methyl/N-ethyl adjacent to an activating group) is 1. The maximum absolute atomic E-state index is 13.6. The molecule has 0 radical (unpaired) electrons. The third-order valence-electron chi connectivity index (χ3n) is 7.03. The van der Waals surface area contributed by atoms with Crippen LogP contribution in [0, 0.1) is 19.8 Å². The molecule has 0 saturated carbocycles. The van der Waals surface area contributed by atoms with Crippen molar-refractivity contribution in [2.75, 3.05) is 52.7 Å². The van der Waals surface area contributed by atoms with Gasteiger partial charge in [-0.05, 0) is 66.0 Å². The van der Waals surface area contributed by atoms with Gasteiger partial charge < -0.3 is 29.5 Å². The summed E-state index contributed by atoms with van der Waals surface area (Å²) in [6, 6.07) is 4.34. The number of aromatic nitrogens is 1. The number of nitrogens with one attached hydrogen (secondary N) is 1. The van der Waals surface area contributed by atoms with Gasteiger partial charge in [-0.1, -0.05) is 12.1 Å². The molecule has 222 valence electrons. The van der Waals surface area contributed by atoms with E-state index in [1.165, 1.54) is 11.4 Å². The first kappa shape index (κ1) is 31.5. The normalized spacial score (nSPS) is 18.8. The predicted octanol–water partition coefficient (Wildman–Crippen LogP) is 2.11. The zero-order valence-corrected chi connectivity index (χ0v) is 25.1. The molecule has 0 bridgehead atoms. The molecule has 0 fully saturated rings. The molecule has 0 saturated heterocycles. The van der Waals surface area contributed by atoms with Crippen molar-refractivity contribution in [2.45, 2.75) is 57.6 Å². The fraction of sp³-hybridized carbons (Fsp3) is 0.593. The highest BCUT2D eigenvalue weighted by atomic mass is 32.2. The number of rotatable bonds is 11. The number of ether oxygens (including phenoxy) is 1. The van der Waals surface area contributed by atoms with Crippen molar-refractivity contribution >= 4 is 27.5 Å². The van der Waals surface area contributed by atoms with Gasteiger partial charge in [-0.2, -0.15) is 4.31 Å². The number of sulfonamides is 1. The Bertz CT molecular complexity index is 1290. The largest absolute Gasteiger partial charge is 0.488 e. The molecule has 0 aliphatic carbocycles. The Labute approximate surface area is 236 Å². The Kier molecular flexibility index (Phi) is 10.3. The molecular weight excluding hydrogens is 538 g/mol. The summed E-state index contributed by atoms with van der Waals surface area (Å²) in [5, 5.41) is 16.5. The summed E-state index contributed by atoms with van der Waals surface area (Å²) in [7, 11) is 1.41. The van der Waals surface area contributed by atoms with Gasteiger partial charge in [-0.3, -0.25) is 9.59 Å². The highest BCUT2D eigenvalue weighted by Gasteiger charge is 2.36. The summed E-state index contributed by atoms with van der Waals surface area (Å²) >= 11 is 0. The Morgan fingerprint density at radius 1 is 1.27 bits per heavy atom. The van der Waals surface area contributed by atoms with Crippen molar-refractivity contribution in [1.29, 1.82) is 0 Å². The van der Waals surface area contributed by atoms with Crippen LogP contribution in [0.5, 0.6) is 5.75 Å². The summed E-state index contributed by atoms with van der Waals surface area (Å²) in [4.78, 5) is 29.7. The lowest BCUT2D eigenvalue weighted by atomic mass is 9.99. The molecule has 3 rings (SSSR count). The molecule has 1 aliphatic rings. The van der Waals surface area contributed by atoms with Gasteiger partial charge in [0.2, 0.25) is 15.9 Å². The average Bonchev–Trinajstić information content (AvgIpc) is 3.23. The molecule has 2 amide bonds. The molecule has 3 atom stereocenters. The molecule has 0 spiro atoms. The molecule has 1 aliphatic heterocycles. The number of fused-ring (bicyclic) bond motifs is 1. The summed E-state index contributed by atoms with van der Waals surface area (Å²) in [5.41, 5.74) is 0.941. The van der Waals surface area contributed by atoms with E-state index < -0.39 is 22.2 Å². The number of aryl methyl sites for hydroxylation is 2. The molecule has 12 nitrogen and oxygen atoms in total. The van der Waals surface area contributed by atoms with Crippen LogP contribution in [0.1, 0.15) is 48.5 Å². The highest BCUT2D eigenvalue weighted by molar-refractivity contribution is 7.89.